The predicted molar refractivity (Wildman–Crippen MR) is 81.3 cm³/mol. The molecule has 4 nitrogen and oxygen atoms in total. The molecule has 2 rings (SSSR count). The molecule has 0 bridgehead atoms. The fourth-order valence-corrected chi connectivity index (χ4v) is 2.38. The average molecular weight is 290 g/mol. The van der Waals surface area contributed by atoms with E-state index in [0.29, 0.717) is 30.1 Å². The van der Waals surface area contributed by atoms with Crippen LogP contribution < -0.4 is 5.32 Å². The number of benzene rings is 1. The molecule has 0 saturated heterocycles. The normalized spacial score (nSPS) is 11.3. The Hall–Kier alpha value is -1.75. The van der Waals surface area contributed by atoms with E-state index < -0.39 is 0 Å². The van der Waals surface area contributed by atoms with Crippen molar-refractivity contribution in [1.82, 2.24) is 20.1 Å². The zero-order valence-electron chi connectivity index (χ0n) is 13.2. The molecule has 2 aromatic rings. The third kappa shape index (κ3) is 4.11. The highest BCUT2D eigenvalue weighted by Crippen LogP contribution is 2.14. The molecule has 5 heteroatoms. The van der Waals surface area contributed by atoms with E-state index in [1.54, 1.807) is 20.2 Å². The second-order valence-corrected chi connectivity index (χ2v) is 5.90. The zero-order chi connectivity index (χ0) is 15.4. The Morgan fingerprint density at radius 1 is 1.19 bits per heavy atom. The Morgan fingerprint density at radius 2 is 1.86 bits per heavy atom. The van der Waals surface area contributed by atoms with Gasteiger partial charge >= 0.3 is 0 Å². The summed E-state index contributed by atoms with van der Waals surface area (Å²) in [5, 5.41) is 7.58. The summed E-state index contributed by atoms with van der Waals surface area (Å²) in [5.74, 6) is 1.35. The standard InChI is InChI=1S/C16H23FN4/c1-11(2)9-21-15(19-10-20-21)8-18-7-14-5-12(3)16(17)13(4)6-14/h5-6,10-11,18H,7-9H2,1-4H3. The van der Waals surface area contributed by atoms with Crippen LogP contribution in [0.5, 0.6) is 0 Å². The van der Waals surface area contributed by atoms with Crippen molar-refractivity contribution in [1.29, 1.82) is 0 Å². The molecule has 0 saturated carbocycles. The van der Waals surface area contributed by atoms with Crippen molar-refractivity contribution in [3.8, 4) is 0 Å². The largest absolute Gasteiger partial charge is 0.306 e. The second-order valence-electron chi connectivity index (χ2n) is 5.90. The first kappa shape index (κ1) is 15.6. The Morgan fingerprint density at radius 3 is 2.48 bits per heavy atom. The summed E-state index contributed by atoms with van der Waals surface area (Å²) >= 11 is 0. The Kier molecular flexibility index (Phi) is 5.07. The van der Waals surface area contributed by atoms with Gasteiger partial charge in [-0.2, -0.15) is 5.10 Å². The van der Waals surface area contributed by atoms with Crippen LogP contribution in [0, 0.1) is 25.6 Å². The molecule has 0 unspecified atom stereocenters. The third-order valence-corrected chi connectivity index (χ3v) is 3.34. The summed E-state index contributed by atoms with van der Waals surface area (Å²) in [6.45, 7) is 10.1. The molecular weight excluding hydrogens is 267 g/mol. The smallest absolute Gasteiger partial charge is 0.140 e. The van der Waals surface area contributed by atoms with Gasteiger partial charge in [0.2, 0.25) is 0 Å². The van der Waals surface area contributed by atoms with E-state index in [0.717, 1.165) is 17.9 Å². The molecule has 0 spiro atoms. The minimum atomic E-state index is -0.115. The maximum absolute atomic E-state index is 13.6. The summed E-state index contributed by atoms with van der Waals surface area (Å²) in [5.41, 5.74) is 2.46. The van der Waals surface area contributed by atoms with Gasteiger partial charge in [0.15, 0.2) is 0 Å². The van der Waals surface area contributed by atoms with Gasteiger partial charge in [-0.3, -0.25) is 0 Å². The fourth-order valence-electron chi connectivity index (χ4n) is 2.38. The van der Waals surface area contributed by atoms with E-state index in [1.807, 2.05) is 16.8 Å². The first-order valence-corrected chi connectivity index (χ1v) is 7.30. The van der Waals surface area contributed by atoms with E-state index in [4.69, 9.17) is 0 Å². The first-order chi connectivity index (χ1) is 9.97. The SMILES string of the molecule is Cc1cc(CNCc2ncnn2CC(C)C)cc(C)c1F. The predicted octanol–water partition coefficient (Wildman–Crippen LogP) is 2.98. The van der Waals surface area contributed by atoms with Gasteiger partial charge in [-0.25, -0.2) is 14.1 Å². The Balaban J connectivity index is 1.94. The lowest BCUT2D eigenvalue weighted by atomic mass is 10.1. The van der Waals surface area contributed by atoms with E-state index in [-0.39, 0.29) is 5.82 Å². The van der Waals surface area contributed by atoms with Crippen molar-refractivity contribution in [2.75, 3.05) is 0 Å². The van der Waals surface area contributed by atoms with E-state index >= 15 is 0 Å². The molecule has 1 aromatic heterocycles. The number of hydrogen-bond donors (Lipinski definition) is 1. The van der Waals surface area contributed by atoms with Crippen molar-refractivity contribution in [3.63, 3.8) is 0 Å². The van der Waals surface area contributed by atoms with Crippen molar-refractivity contribution in [2.24, 2.45) is 5.92 Å². The summed E-state index contributed by atoms with van der Waals surface area (Å²) in [6, 6.07) is 3.77. The van der Waals surface area contributed by atoms with Crippen LogP contribution in [0.4, 0.5) is 4.39 Å². The summed E-state index contributed by atoms with van der Waals surface area (Å²) < 4.78 is 15.5. The molecule has 0 atom stereocenters. The highest BCUT2D eigenvalue weighted by atomic mass is 19.1. The number of aryl methyl sites for hydroxylation is 2. The van der Waals surface area contributed by atoms with Gasteiger partial charge in [0, 0.05) is 13.1 Å². The van der Waals surface area contributed by atoms with Crippen LogP contribution in [0.3, 0.4) is 0 Å². The van der Waals surface area contributed by atoms with Crippen LogP contribution in [0.2, 0.25) is 0 Å². The van der Waals surface area contributed by atoms with E-state index in [9.17, 15) is 4.39 Å². The molecule has 0 aliphatic carbocycles. The molecule has 1 heterocycles. The summed E-state index contributed by atoms with van der Waals surface area (Å²) in [7, 11) is 0. The van der Waals surface area contributed by atoms with E-state index in [2.05, 4.69) is 29.2 Å². The van der Waals surface area contributed by atoms with Crippen LogP contribution in [0.15, 0.2) is 18.5 Å². The number of nitrogens with one attached hydrogen (secondary N) is 1. The molecule has 0 aliphatic heterocycles. The molecule has 0 aliphatic rings. The van der Waals surface area contributed by atoms with Crippen LogP contribution in [-0.4, -0.2) is 14.8 Å². The van der Waals surface area contributed by atoms with Gasteiger partial charge in [-0.05, 0) is 36.5 Å². The van der Waals surface area contributed by atoms with Crippen LogP contribution in [0.1, 0.15) is 36.4 Å². The van der Waals surface area contributed by atoms with Gasteiger partial charge in [-0.15, -0.1) is 0 Å². The monoisotopic (exact) mass is 290 g/mol. The maximum Gasteiger partial charge on any atom is 0.140 e. The molecule has 1 N–H and O–H groups in total. The molecule has 0 amide bonds. The summed E-state index contributed by atoms with van der Waals surface area (Å²) in [6.07, 6.45) is 1.59. The molecule has 21 heavy (non-hydrogen) atoms. The average Bonchev–Trinajstić information content (AvgIpc) is 2.82. The lowest BCUT2D eigenvalue weighted by Gasteiger charge is -2.10. The van der Waals surface area contributed by atoms with Crippen molar-refractivity contribution >= 4 is 0 Å². The fraction of sp³-hybridized carbons (Fsp3) is 0.500. The molecule has 0 fully saturated rings. The Labute approximate surface area is 125 Å². The molecule has 1 aromatic carbocycles. The van der Waals surface area contributed by atoms with Crippen molar-refractivity contribution < 1.29 is 4.39 Å². The lowest BCUT2D eigenvalue weighted by molar-refractivity contribution is 0.457. The van der Waals surface area contributed by atoms with Gasteiger partial charge < -0.3 is 5.32 Å². The molecule has 114 valence electrons. The van der Waals surface area contributed by atoms with Crippen LogP contribution in [0.25, 0.3) is 0 Å². The van der Waals surface area contributed by atoms with Crippen LogP contribution in [-0.2, 0) is 19.6 Å². The summed E-state index contributed by atoms with van der Waals surface area (Å²) in [4.78, 5) is 4.28. The van der Waals surface area contributed by atoms with Gasteiger partial charge in [0.25, 0.3) is 0 Å². The highest BCUT2D eigenvalue weighted by molar-refractivity contribution is 5.30. The minimum absolute atomic E-state index is 0.115. The number of rotatable bonds is 6. The maximum atomic E-state index is 13.6. The topological polar surface area (TPSA) is 42.7 Å². The van der Waals surface area contributed by atoms with Gasteiger partial charge in [-0.1, -0.05) is 26.0 Å². The number of aromatic nitrogens is 3. The van der Waals surface area contributed by atoms with Crippen molar-refractivity contribution in [3.05, 3.63) is 46.8 Å². The number of nitrogens with zero attached hydrogens (tertiary/aromatic N) is 3. The lowest BCUT2D eigenvalue weighted by Crippen LogP contribution is -2.19. The van der Waals surface area contributed by atoms with Crippen LogP contribution >= 0.6 is 0 Å². The number of halogens is 1. The number of hydrogen-bond acceptors (Lipinski definition) is 3. The van der Waals surface area contributed by atoms with Gasteiger partial charge in [0.05, 0.1) is 6.54 Å². The minimum Gasteiger partial charge on any atom is -0.306 e. The zero-order valence-corrected chi connectivity index (χ0v) is 13.2. The Bertz CT molecular complexity index is 581. The van der Waals surface area contributed by atoms with Gasteiger partial charge in [0.1, 0.15) is 18.0 Å². The quantitative estimate of drug-likeness (QED) is 0.889. The van der Waals surface area contributed by atoms with Crippen molar-refractivity contribution in [2.45, 2.75) is 47.3 Å². The first-order valence-electron chi connectivity index (χ1n) is 7.30. The molecule has 0 radical (unpaired) electrons. The second kappa shape index (κ2) is 6.80. The highest BCUT2D eigenvalue weighted by Gasteiger charge is 2.07. The third-order valence-electron chi connectivity index (χ3n) is 3.34. The molecular formula is C16H23FN4. The van der Waals surface area contributed by atoms with E-state index in [1.165, 1.54) is 0 Å².